The highest BCUT2D eigenvalue weighted by Crippen LogP contribution is 2.53. The number of ether oxygens (including phenoxy) is 1. The number of aliphatic imine (C=N–C) groups is 1. The van der Waals surface area contributed by atoms with Gasteiger partial charge in [0.2, 0.25) is 0 Å². The molecule has 0 saturated carbocycles. The fourth-order valence-electron chi connectivity index (χ4n) is 5.13. The molecule has 3 aromatic rings. The number of hydrogen-bond acceptors (Lipinski definition) is 4. The highest BCUT2D eigenvalue weighted by atomic mass is 16.5. The minimum absolute atomic E-state index is 0.122. The zero-order valence-electron chi connectivity index (χ0n) is 16.7. The molecule has 3 aromatic carbocycles. The quantitative estimate of drug-likeness (QED) is 0.663. The van der Waals surface area contributed by atoms with Gasteiger partial charge in [0.05, 0.1) is 24.3 Å². The Morgan fingerprint density at radius 3 is 1.73 bits per heavy atom. The van der Waals surface area contributed by atoms with Gasteiger partial charge in [-0.15, -0.1) is 0 Å². The number of benzene rings is 3. The molecule has 1 fully saturated rings. The van der Waals surface area contributed by atoms with E-state index in [2.05, 4.69) is 72.8 Å². The summed E-state index contributed by atoms with van der Waals surface area (Å²) in [7, 11) is 0. The lowest BCUT2D eigenvalue weighted by Gasteiger charge is -2.51. The number of nitrogens with two attached hydrogens (primary N) is 2. The third-order valence-electron chi connectivity index (χ3n) is 6.50. The highest BCUT2D eigenvalue weighted by Gasteiger charge is 2.59. The molecule has 30 heavy (non-hydrogen) atoms. The fraction of sp³-hybridized carbons (Fsp3) is 0.192. The van der Waals surface area contributed by atoms with E-state index < -0.39 is 11.1 Å². The molecule has 4 N–H and O–H groups in total. The van der Waals surface area contributed by atoms with Gasteiger partial charge >= 0.3 is 0 Å². The Bertz CT molecular complexity index is 996. The number of allylic oxidation sites excluding steroid dienone is 1. The molecule has 2 aliphatic rings. The minimum atomic E-state index is -1.01. The molecule has 0 bridgehead atoms. The van der Waals surface area contributed by atoms with Crippen LogP contribution >= 0.6 is 0 Å². The fourth-order valence-corrected chi connectivity index (χ4v) is 5.13. The molecule has 4 nitrogen and oxygen atoms in total. The third kappa shape index (κ3) is 2.58. The van der Waals surface area contributed by atoms with Gasteiger partial charge in [0, 0.05) is 12.1 Å². The molecule has 1 saturated heterocycles. The lowest BCUT2D eigenvalue weighted by Crippen LogP contribution is -2.64. The molecule has 0 amide bonds. The molecule has 2 unspecified atom stereocenters. The number of rotatable bonds is 4. The molecule has 0 radical (unpaired) electrons. The maximum absolute atomic E-state index is 7.41. The van der Waals surface area contributed by atoms with Crippen LogP contribution in [0, 0.1) is 5.92 Å². The van der Waals surface area contributed by atoms with Crippen molar-refractivity contribution in [1.82, 2.24) is 0 Å². The SMILES string of the molecule is NC1=C2COCC2C(N)(C(c2ccccc2)(c2ccccc2)c2ccccc2)N=C1. The van der Waals surface area contributed by atoms with E-state index >= 15 is 0 Å². The Labute approximate surface area is 176 Å². The summed E-state index contributed by atoms with van der Waals surface area (Å²) < 4.78 is 5.86. The first-order chi connectivity index (χ1) is 14.7. The van der Waals surface area contributed by atoms with Crippen molar-refractivity contribution in [2.24, 2.45) is 22.4 Å². The van der Waals surface area contributed by atoms with Crippen LogP contribution in [0.3, 0.4) is 0 Å². The summed E-state index contributed by atoms with van der Waals surface area (Å²) in [6, 6.07) is 31.3. The number of fused-ring (bicyclic) bond motifs is 1. The van der Waals surface area contributed by atoms with Gasteiger partial charge in [0.1, 0.15) is 5.66 Å². The molecule has 0 spiro atoms. The normalized spacial score (nSPS) is 23.4. The van der Waals surface area contributed by atoms with Crippen LogP contribution in [0.25, 0.3) is 0 Å². The average Bonchev–Trinajstić information content (AvgIpc) is 3.31. The minimum Gasteiger partial charge on any atom is -0.397 e. The van der Waals surface area contributed by atoms with E-state index in [1.54, 1.807) is 6.21 Å². The first-order valence-corrected chi connectivity index (χ1v) is 10.2. The zero-order chi connectivity index (χ0) is 20.6. The van der Waals surface area contributed by atoms with E-state index in [1.807, 2.05) is 18.2 Å². The summed E-state index contributed by atoms with van der Waals surface area (Å²) >= 11 is 0. The summed E-state index contributed by atoms with van der Waals surface area (Å²) in [6.45, 7) is 0.994. The maximum Gasteiger partial charge on any atom is 0.135 e. The van der Waals surface area contributed by atoms with E-state index in [4.69, 9.17) is 21.2 Å². The van der Waals surface area contributed by atoms with Crippen molar-refractivity contribution in [3.05, 3.63) is 119 Å². The van der Waals surface area contributed by atoms with Crippen LogP contribution < -0.4 is 11.5 Å². The van der Waals surface area contributed by atoms with E-state index in [9.17, 15) is 0 Å². The van der Waals surface area contributed by atoms with E-state index in [-0.39, 0.29) is 5.92 Å². The Hall–Kier alpha value is -3.21. The second kappa shape index (κ2) is 7.24. The smallest absolute Gasteiger partial charge is 0.135 e. The van der Waals surface area contributed by atoms with Crippen molar-refractivity contribution in [2.45, 2.75) is 11.1 Å². The first-order valence-electron chi connectivity index (χ1n) is 10.2. The Morgan fingerprint density at radius 2 is 1.27 bits per heavy atom. The predicted molar refractivity (Wildman–Crippen MR) is 120 cm³/mol. The number of nitrogens with zero attached hydrogens (tertiary/aromatic N) is 1. The van der Waals surface area contributed by atoms with Gasteiger partial charge in [-0.3, -0.25) is 4.99 Å². The van der Waals surface area contributed by atoms with Crippen LogP contribution in [0.1, 0.15) is 16.7 Å². The van der Waals surface area contributed by atoms with Gasteiger partial charge in [-0.1, -0.05) is 91.0 Å². The van der Waals surface area contributed by atoms with Crippen LogP contribution in [0.4, 0.5) is 0 Å². The summed E-state index contributed by atoms with van der Waals surface area (Å²) in [6.07, 6.45) is 1.73. The molecule has 0 aromatic heterocycles. The second-order valence-corrected chi connectivity index (χ2v) is 7.98. The van der Waals surface area contributed by atoms with Crippen molar-refractivity contribution < 1.29 is 4.74 Å². The lowest BCUT2D eigenvalue weighted by atomic mass is 9.57. The van der Waals surface area contributed by atoms with Crippen molar-refractivity contribution in [1.29, 1.82) is 0 Å². The van der Waals surface area contributed by atoms with E-state index in [0.29, 0.717) is 18.9 Å². The molecule has 0 aliphatic carbocycles. The largest absolute Gasteiger partial charge is 0.397 e. The second-order valence-electron chi connectivity index (χ2n) is 7.98. The van der Waals surface area contributed by atoms with Crippen LogP contribution in [-0.2, 0) is 10.2 Å². The van der Waals surface area contributed by atoms with Crippen molar-refractivity contribution in [3.63, 3.8) is 0 Å². The van der Waals surface area contributed by atoms with Crippen LogP contribution in [0.15, 0.2) is 107 Å². The third-order valence-corrected chi connectivity index (χ3v) is 6.50. The maximum atomic E-state index is 7.41. The van der Waals surface area contributed by atoms with E-state index in [0.717, 1.165) is 22.3 Å². The van der Waals surface area contributed by atoms with Gasteiger partial charge in [-0.05, 0) is 22.3 Å². The average molecular weight is 396 g/mol. The van der Waals surface area contributed by atoms with Crippen molar-refractivity contribution >= 4 is 6.21 Å². The first kappa shape index (κ1) is 18.8. The van der Waals surface area contributed by atoms with Gasteiger partial charge in [-0.2, -0.15) is 0 Å². The van der Waals surface area contributed by atoms with Gasteiger partial charge < -0.3 is 16.2 Å². The predicted octanol–water partition coefficient (Wildman–Crippen LogP) is 3.62. The topological polar surface area (TPSA) is 73.6 Å². The van der Waals surface area contributed by atoms with Gasteiger partial charge in [0.15, 0.2) is 0 Å². The standard InChI is InChI=1S/C26H25N3O/c27-24-16-29-26(28,23-18-30-17-22(23)24)25(19-10-4-1-5-11-19,20-12-6-2-7-13-20)21-14-8-3-9-15-21/h1-16,23H,17-18,27-28H2. The molecular formula is C26H25N3O. The number of hydrogen-bond donors (Lipinski definition) is 2. The van der Waals surface area contributed by atoms with Gasteiger partial charge in [-0.25, -0.2) is 0 Å². The molecule has 2 atom stereocenters. The number of dihydropyridines is 1. The summed E-state index contributed by atoms with van der Waals surface area (Å²) in [5.74, 6) is -0.122. The molecular weight excluding hydrogens is 370 g/mol. The highest BCUT2D eigenvalue weighted by molar-refractivity contribution is 5.81. The molecule has 4 heteroatoms. The Balaban J connectivity index is 1.89. The van der Waals surface area contributed by atoms with E-state index in [1.165, 1.54) is 0 Å². The molecule has 150 valence electrons. The summed E-state index contributed by atoms with van der Waals surface area (Å²) in [5.41, 5.74) is 17.0. The Morgan fingerprint density at radius 1 is 0.800 bits per heavy atom. The zero-order valence-corrected chi connectivity index (χ0v) is 16.7. The van der Waals surface area contributed by atoms with Crippen molar-refractivity contribution in [2.75, 3.05) is 13.2 Å². The van der Waals surface area contributed by atoms with Gasteiger partial charge in [0.25, 0.3) is 0 Å². The Kier molecular flexibility index (Phi) is 4.54. The molecule has 2 aliphatic heterocycles. The lowest BCUT2D eigenvalue weighted by molar-refractivity contribution is 0.143. The van der Waals surface area contributed by atoms with Crippen LogP contribution in [-0.4, -0.2) is 25.1 Å². The summed E-state index contributed by atoms with van der Waals surface area (Å²) in [5, 5.41) is 0. The van der Waals surface area contributed by atoms with Crippen LogP contribution in [0.2, 0.25) is 0 Å². The van der Waals surface area contributed by atoms with Crippen molar-refractivity contribution in [3.8, 4) is 0 Å². The van der Waals surface area contributed by atoms with Crippen LogP contribution in [0.5, 0.6) is 0 Å². The molecule has 5 rings (SSSR count). The summed E-state index contributed by atoms with van der Waals surface area (Å²) in [4.78, 5) is 4.98. The molecule has 2 heterocycles. The monoisotopic (exact) mass is 395 g/mol.